The molecular weight excluding hydrogens is 236 g/mol. The van der Waals surface area contributed by atoms with E-state index in [9.17, 15) is 4.79 Å². The molecule has 1 aromatic carbocycles. The Morgan fingerprint density at radius 1 is 1.26 bits per heavy atom. The number of rotatable bonds is 3. The lowest BCUT2D eigenvalue weighted by molar-refractivity contribution is -0.124. The Hall–Kier alpha value is -1.95. The summed E-state index contributed by atoms with van der Waals surface area (Å²) < 4.78 is 0. The van der Waals surface area contributed by atoms with Gasteiger partial charge in [0.15, 0.2) is 0 Å². The summed E-state index contributed by atoms with van der Waals surface area (Å²) in [6.07, 6.45) is 9.00. The van der Waals surface area contributed by atoms with Gasteiger partial charge in [0.2, 0.25) is 0 Å². The summed E-state index contributed by atoms with van der Waals surface area (Å²) in [5.41, 5.74) is 2.38. The molecule has 0 aliphatic carbocycles. The number of piperidine rings is 1. The van der Waals surface area contributed by atoms with E-state index in [1.54, 1.807) is 11.9 Å². The monoisotopic (exact) mass is 256 g/mol. The molecule has 1 aliphatic heterocycles. The second kappa shape index (κ2) is 6.29. The van der Waals surface area contributed by atoms with Crippen LogP contribution in [0.5, 0.6) is 0 Å². The zero-order valence-corrected chi connectivity index (χ0v) is 11.4. The fourth-order valence-corrected chi connectivity index (χ4v) is 2.42. The van der Waals surface area contributed by atoms with Crippen LogP contribution >= 0.6 is 0 Å². The summed E-state index contributed by atoms with van der Waals surface area (Å²) in [5.74, 6) is 1.85. The van der Waals surface area contributed by atoms with Gasteiger partial charge in [-0.05, 0) is 42.9 Å². The molecule has 0 atom stereocenters. The second-order valence-electron chi connectivity index (χ2n) is 5.02. The molecule has 1 amide bonds. The summed E-state index contributed by atoms with van der Waals surface area (Å²) in [4.78, 5) is 15.3. The Balaban J connectivity index is 1.98. The standard InChI is InChI=1S/C16H20N2O/c1-3-16(19)17(2)13-14-7-9-15(10-8-14)18-11-5-4-6-12-18/h1,7-10H,4-6,11-13H2,2H3. The topological polar surface area (TPSA) is 23.6 Å². The van der Waals surface area contributed by atoms with Gasteiger partial charge in [-0.2, -0.15) is 0 Å². The number of anilines is 1. The van der Waals surface area contributed by atoms with Crippen molar-refractivity contribution in [3.05, 3.63) is 29.8 Å². The first-order valence-electron chi connectivity index (χ1n) is 6.76. The Kier molecular flexibility index (Phi) is 4.46. The Bertz CT molecular complexity index is 467. The van der Waals surface area contributed by atoms with E-state index in [0.29, 0.717) is 6.54 Å². The molecule has 1 aromatic rings. The van der Waals surface area contributed by atoms with Crippen LogP contribution in [-0.4, -0.2) is 30.9 Å². The van der Waals surface area contributed by atoms with Crippen LogP contribution in [0.4, 0.5) is 5.69 Å². The van der Waals surface area contributed by atoms with Crippen LogP contribution in [0.25, 0.3) is 0 Å². The molecule has 100 valence electrons. The number of benzene rings is 1. The van der Waals surface area contributed by atoms with Crippen LogP contribution in [-0.2, 0) is 11.3 Å². The largest absolute Gasteiger partial charge is 0.372 e. The first-order chi connectivity index (χ1) is 9.20. The molecule has 3 heteroatoms. The van der Waals surface area contributed by atoms with E-state index in [-0.39, 0.29) is 5.91 Å². The zero-order valence-electron chi connectivity index (χ0n) is 11.4. The molecule has 0 saturated carbocycles. The van der Waals surface area contributed by atoms with Crippen LogP contribution in [0.1, 0.15) is 24.8 Å². The van der Waals surface area contributed by atoms with E-state index >= 15 is 0 Å². The fourth-order valence-electron chi connectivity index (χ4n) is 2.42. The predicted octanol–water partition coefficient (Wildman–Crippen LogP) is 2.27. The molecule has 3 nitrogen and oxygen atoms in total. The van der Waals surface area contributed by atoms with Gasteiger partial charge in [-0.3, -0.25) is 4.79 Å². The Labute approximate surface area is 115 Å². The highest BCUT2D eigenvalue weighted by Gasteiger charge is 2.11. The van der Waals surface area contributed by atoms with Crippen molar-refractivity contribution in [3.8, 4) is 12.3 Å². The molecule has 1 saturated heterocycles. The number of hydrogen-bond acceptors (Lipinski definition) is 2. The van der Waals surface area contributed by atoms with Gasteiger partial charge < -0.3 is 9.80 Å². The van der Waals surface area contributed by atoms with E-state index in [4.69, 9.17) is 6.42 Å². The van der Waals surface area contributed by atoms with Gasteiger partial charge >= 0.3 is 0 Å². The summed E-state index contributed by atoms with van der Waals surface area (Å²) in [6, 6.07) is 8.41. The Morgan fingerprint density at radius 2 is 1.89 bits per heavy atom. The quantitative estimate of drug-likeness (QED) is 0.775. The third kappa shape index (κ3) is 3.51. The van der Waals surface area contributed by atoms with Gasteiger partial charge in [0.25, 0.3) is 5.91 Å². The lowest BCUT2D eigenvalue weighted by Gasteiger charge is -2.29. The van der Waals surface area contributed by atoms with Gasteiger partial charge in [0, 0.05) is 32.4 Å². The highest BCUT2D eigenvalue weighted by atomic mass is 16.2. The van der Waals surface area contributed by atoms with Crippen LogP contribution in [0, 0.1) is 12.3 Å². The van der Waals surface area contributed by atoms with Gasteiger partial charge in [-0.25, -0.2) is 0 Å². The van der Waals surface area contributed by atoms with Crippen molar-refractivity contribution in [2.75, 3.05) is 25.0 Å². The molecule has 0 bridgehead atoms. The second-order valence-corrected chi connectivity index (χ2v) is 5.02. The smallest absolute Gasteiger partial charge is 0.298 e. The molecule has 2 rings (SSSR count). The summed E-state index contributed by atoms with van der Waals surface area (Å²) >= 11 is 0. The molecule has 0 unspecified atom stereocenters. The summed E-state index contributed by atoms with van der Waals surface area (Å²) in [7, 11) is 1.72. The van der Waals surface area contributed by atoms with Gasteiger partial charge in [-0.1, -0.05) is 12.1 Å². The van der Waals surface area contributed by atoms with Crippen LogP contribution in [0.2, 0.25) is 0 Å². The van der Waals surface area contributed by atoms with Crippen molar-refractivity contribution >= 4 is 11.6 Å². The van der Waals surface area contributed by atoms with E-state index in [1.165, 1.54) is 24.9 Å². The zero-order chi connectivity index (χ0) is 13.7. The predicted molar refractivity (Wildman–Crippen MR) is 77.8 cm³/mol. The molecule has 1 fully saturated rings. The van der Waals surface area contributed by atoms with Crippen molar-refractivity contribution in [2.45, 2.75) is 25.8 Å². The number of amides is 1. The minimum absolute atomic E-state index is 0.278. The van der Waals surface area contributed by atoms with Crippen LogP contribution in [0.15, 0.2) is 24.3 Å². The van der Waals surface area contributed by atoms with E-state index in [1.807, 2.05) is 0 Å². The highest BCUT2D eigenvalue weighted by molar-refractivity contribution is 5.92. The van der Waals surface area contributed by atoms with Crippen molar-refractivity contribution in [3.63, 3.8) is 0 Å². The van der Waals surface area contributed by atoms with Gasteiger partial charge in [-0.15, -0.1) is 6.42 Å². The fraction of sp³-hybridized carbons (Fsp3) is 0.438. The minimum atomic E-state index is -0.278. The number of carbonyl (C=O) groups is 1. The van der Waals surface area contributed by atoms with Gasteiger partial charge in [0.05, 0.1) is 0 Å². The maximum absolute atomic E-state index is 11.3. The van der Waals surface area contributed by atoms with E-state index < -0.39 is 0 Å². The maximum atomic E-state index is 11.3. The third-order valence-electron chi connectivity index (χ3n) is 3.55. The van der Waals surface area contributed by atoms with Crippen LogP contribution in [0.3, 0.4) is 0 Å². The van der Waals surface area contributed by atoms with Crippen molar-refractivity contribution in [1.82, 2.24) is 4.90 Å². The molecule has 0 radical (unpaired) electrons. The Morgan fingerprint density at radius 3 is 2.47 bits per heavy atom. The van der Waals surface area contributed by atoms with E-state index in [0.717, 1.165) is 18.7 Å². The first kappa shape index (κ1) is 13.5. The lowest BCUT2D eigenvalue weighted by Crippen LogP contribution is -2.29. The maximum Gasteiger partial charge on any atom is 0.298 e. The van der Waals surface area contributed by atoms with Crippen molar-refractivity contribution in [1.29, 1.82) is 0 Å². The highest BCUT2D eigenvalue weighted by Crippen LogP contribution is 2.20. The molecular formula is C16H20N2O. The van der Waals surface area contributed by atoms with Gasteiger partial charge in [0.1, 0.15) is 0 Å². The van der Waals surface area contributed by atoms with Crippen LogP contribution < -0.4 is 4.90 Å². The number of carbonyl (C=O) groups excluding carboxylic acids is 1. The molecule has 19 heavy (non-hydrogen) atoms. The molecule has 0 N–H and O–H groups in total. The summed E-state index contributed by atoms with van der Waals surface area (Å²) in [6.45, 7) is 2.85. The van der Waals surface area contributed by atoms with E-state index in [2.05, 4.69) is 35.1 Å². The average Bonchev–Trinajstić information content (AvgIpc) is 2.48. The molecule has 1 aliphatic rings. The average molecular weight is 256 g/mol. The lowest BCUT2D eigenvalue weighted by atomic mass is 10.1. The SMILES string of the molecule is C#CC(=O)N(C)Cc1ccc(N2CCCCC2)cc1. The number of nitrogens with zero attached hydrogens (tertiary/aromatic N) is 2. The van der Waals surface area contributed by atoms with Crippen molar-refractivity contribution in [2.24, 2.45) is 0 Å². The molecule has 1 heterocycles. The first-order valence-corrected chi connectivity index (χ1v) is 6.76. The third-order valence-corrected chi connectivity index (χ3v) is 3.55. The minimum Gasteiger partial charge on any atom is -0.372 e. The normalized spacial score (nSPS) is 14.8. The van der Waals surface area contributed by atoms with Crippen molar-refractivity contribution < 1.29 is 4.79 Å². The number of hydrogen-bond donors (Lipinski definition) is 0. The summed E-state index contributed by atoms with van der Waals surface area (Å²) in [5, 5.41) is 0. The number of terminal acetylenes is 1. The molecule has 0 spiro atoms. The molecule has 0 aromatic heterocycles.